The second-order valence-electron chi connectivity index (χ2n) is 7.69. The molecule has 2 amide bonds. The van der Waals surface area contributed by atoms with Crippen LogP contribution in [-0.2, 0) is 5.54 Å². The van der Waals surface area contributed by atoms with Crippen LogP contribution in [0.25, 0.3) is 0 Å². The second kappa shape index (κ2) is 6.44. The molecule has 2 N–H and O–H groups in total. The van der Waals surface area contributed by atoms with Crippen molar-refractivity contribution in [2.75, 3.05) is 5.32 Å². The van der Waals surface area contributed by atoms with Crippen molar-refractivity contribution in [1.82, 2.24) is 5.32 Å². The van der Waals surface area contributed by atoms with Crippen LogP contribution in [0.2, 0.25) is 0 Å². The predicted molar refractivity (Wildman–Crippen MR) is 100 cm³/mol. The molecular formula is C21H23FN2O3. The molecule has 2 aromatic rings. The van der Waals surface area contributed by atoms with E-state index in [1.807, 2.05) is 19.9 Å². The summed E-state index contributed by atoms with van der Waals surface area (Å²) in [7, 11) is 0. The average molecular weight is 370 g/mol. The molecule has 2 aliphatic rings. The third-order valence-electron chi connectivity index (χ3n) is 5.15. The Morgan fingerprint density at radius 3 is 2.41 bits per heavy atom. The number of fused-ring (bicyclic) bond motifs is 1. The molecule has 1 saturated carbocycles. The van der Waals surface area contributed by atoms with E-state index < -0.39 is 11.3 Å². The van der Waals surface area contributed by atoms with Crippen LogP contribution < -0.4 is 20.1 Å². The maximum atomic E-state index is 13.1. The van der Waals surface area contributed by atoms with Crippen molar-refractivity contribution in [2.45, 2.75) is 50.9 Å². The number of halogens is 1. The van der Waals surface area contributed by atoms with E-state index in [0.29, 0.717) is 11.4 Å². The molecule has 0 aromatic heterocycles. The molecule has 0 bridgehead atoms. The molecule has 142 valence electrons. The van der Waals surface area contributed by atoms with E-state index in [1.54, 1.807) is 24.3 Å². The minimum Gasteiger partial charge on any atom is -0.448 e. The van der Waals surface area contributed by atoms with Gasteiger partial charge in [0.1, 0.15) is 5.82 Å². The molecule has 6 heteroatoms. The summed E-state index contributed by atoms with van der Waals surface area (Å²) in [6.07, 6.45) is 3.97. The molecule has 1 fully saturated rings. The molecule has 0 unspecified atom stereocenters. The summed E-state index contributed by atoms with van der Waals surface area (Å²) in [5.74, 6) is 0.551. The van der Waals surface area contributed by atoms with Gasteiger partial charge in [-0.2, -0.15) is 0 Å². The highest BCUT2D eigenvalue weighted by molar-refractivity contribution is 5.90. The quantitative estimate of drug-likeness (QED) is 0.806. The van der Waals surface area contributed by atoms with Crippen molar-refractivity contribution in [1.29, 1.82) is 0 Å². The van der Waals surface area contributed by atoms with Gasteiger partial charge in [-0.25, -0.2) is 9.18 Å². The first-order chi connectivity index (χ1) is 12.9. The van der Waals surface area contributed by atoms with E-state index in [9.17, 15) is 9.18 Å². The minimum absolute atomic E-state index is 0.306. The molecule has 0 radical (unpaired) electrons. The number of benzene rings is 2. The Kier molecular flexibility index (Phi) is 4.21. The van der Waals surface area contributed by atoms with Crippen LogP contribution in [0.15, 0.2) is 42.5 Å². The number of hydrogen-bond donors (Lipinski definition) is 2. The summed E-state index contributed by atoms with van der Waals surface area (Å²) in [5.41, 5.74) is 0.787. The van der Waals surface area contributed by atoms with Gasteiger partial charge in [-0.05, 0) is 56.5 Å². The largest absolute Gasteiger partial charge is 0.448 e. The maximum absolute atomic E-state index is 13.1. The lowest BCUT2D eigenvalue weighted by Crippen LogP contribution is -2.43. The third-order valence-corrected chi connectivity index (χ3v) is 5.15. The number of hydrogen-bond acceptors (Lipinski definition) is 3. The fourth-order valence-corrected chi connectivity index (χ4v) is 3.67. The van der Waals surface area contributed by atoms with Gasteiger partial charge in [0.05, 0.1) is 5.54 Å². The smallest absolute Gasteiger partial charge is 0.319 e. The molecule has 0 atom stereocenters. The van der Waals surface area contributed by atoms with E-state index >= 15 is 0 Å². The summed E-state index contributed by atoms with van der Waals surface area (Å²) in [6, 6.07) is 11.1. The molecule has 27 heavy (non-hydrogen) atoms. The SMILES string of the molecule is CC(C)(NC(=O)Nc1ccc2c(c1)OC1(CCCC1)O2)c1ccc(F)cc1. The summed E-state index contributed by atoms with van der Waals surface area (Å²) < 4.78 is 25.1. The summed E-state index contributed by atoms with van der Waals surface area (Å²) in [6.45, 7) is 3.73. The number of carbonyl (C=O) groups excluding carboxylic acids is 1. The fraction of sp³-hybridized carbons (Fsp3) is 0.381. The van der Waals surface area contributed by atoms with Gasteiger partial charge in [-0.15, -0.1) is 0 Å². The number of urea groups is 1. The number of nitrogens with one attached hydrogen (secondary N) is 2. The number of carbonyl (C=O) groups is 1. The molecule has 1 spiro atoms. The zero-order valence-corrected chi connectivity index (χ0v) is 15.5. The van der Waals surface area contributed by atoms with Crippen LogP contribution in [0, 0.1) is 5.82 Å². The van der Waals surface area contributed by atoms with Crippen LogP contribution >= 0.6 is 0 Å². The van der Waals surface area contributed by atoms with E-state index in [2.05, 4.69) is 10.6 Å². The minimum atomic E-state index is -0.651. The van der Waals surface area contributed by atoms with Crippen LogP contribution in [0.5, 0.6) is 11.5 Å². The average Bonchev–Trinajstić information content (AvgIpc) is 3.20. The first-order valence-corrected chi connectivity index (χ1v) is 9.23. The Labute approximate surface area is 157 Å². The van der Waals surface area contributed by atoms with Crippen molar-refractivity contribution in [3.05, 3.63) is 53.8 Å². The van der Waals surface area contributed by atoms with Gasteiger partial charge in [0.15, 0.2) is 11.5 Å². The number of amides is 2. The fourth-order valence-electron chi connectivity index (χ4n) is 3.67. The Bertz CT molecular complexity index is 858. The number of ether oxygens (including phenoxy) is 2. The van der Waals surface area contributed by atoms with Crippen molar-refractivity contribution in [3.63, 3.8) is 0 Å². The van der Waals surface area contributed by atoms with Crippen molar-refractivity contribution >= 4 is 11.7 Å². The van der Waals surface area contributed by atoms with Gasteiger partial charge >= 0.3 is 6.03 Å². The zero-order valence-electron chi connectivity index (χ0n) is 15.5. The zero-order chi connectivity index (χ0) is 19.1. The summed E-state index contributed by atoms with van der Waals surface area (Å²) in [4.78, 5) is 12.4. The van der Waals surface area contributed by atoms with Gasteiger partial charge in [0.2, 0.25) is 0 Å². The van der Waals surface area contributed by atoms with E-state index in [0.717, 1.165) is 37.0 Å². The van der Waals surface area contributed by atoms with E-state index in [4.69, 9.17) is 9.47 Å². The van der Waals surface area contributed by atoms with Crippen molar-refractivity contribution in [3.8, 4) is 11.5 Å². The van der Waals surface area contributed by atoms with E-state index in [1.165, 1.54) is 12.1 Å². The lowest BCUT2D eigenvalue weighted by molar-refractivity contribution is -0.0716. The highest BCUT2D eigenvalue weighted by Crippen LogP contribution is 2.47. The van der Waals surface area contributed by atoms with Gasteiger partial charge < -0.3 is 20.1 Å². The molecular weight excluding hydrogens is 347 g/mol. The van der Waals surface area contributed by atoms with E-state index in [-0.39, 0.29) is 11.8 Å². The van der Waals surface area contributed by atoms with Gasteiger partial charge in [-0.3, -0.25) is 0 Å². The number of anilines is 1. The van der Waals surface area contributed by atoms with Crippen LogP contribution in [-0.4, -0.2) is 11.8 Å². The molecule has 4 rings (SSSR count). The first kappa shape index (κ1) is 17.6. The van der Waals surface area contributed by atoms with Gasteiger partial charge in [-0.1, -0.05) is 12.1 Å². The first-order valence-electron chi connectivity index (χ1n) is 9.23. The second-order valence-corrected chi connectivity index (χ2v) is 7.69. The normalized spacial score (nSPS) is 17.1. The molecule has 1 heterocycles. The Hall–Kier alpha value is -2.76. The molecule has 1 aliphatic carbocycles. The third kappa shape index (κ3) is 3.56. The predicted octanol–water partition coefficient (Wildman–Crippen LogP) is 4.92. The monoisotopic (exact) mass is 370 g/mol. The summed E-state index contributed by atoms with van der Waals surface area (Å²) >= 11 is 0. The molecule has 5 nitrogen and oxygen atoms in total. The highest BCUT2D eigenvalue weighted by atomic mass is 19.1. The van der Waals surface area contributed by atoms with Gasteiger partial charge in [0, 0.05) is 24.6 Å². The van der Waals surface area contributed by atoms with Gasteiger partial charge in [0.25, 0.3) is 5.79 Å². The molecule has 2 aromatic carbocycles. The van der Waals surface area contributed by atoms with Crippen LogP contribution in [0.3, 0.4) is 0 Å². The Morgan fingerprint density at radius 1 is 1.04 bits per heavy atom. The summed E-state index contributed by atoms with van der Waals surface area (Å²) in [5, 5.41) is 5.74. The molecule has 0 saturated heterocycles. The van der Waals surface area contributed by atoms with Crippen LogP contribution in [0.1, 0.15) is 45.1 Å². The standard InChI is InChI=1S/C21H23FN2O3/c1-20(2,14-5-7-15(22)8-6-14)24-19(25)23-16-9-10-17-18(13-16)27-21(26-17)11-3-4-12-21/h5-10,13H,3-4,11-12H2,1-2H3,(H2,23,24,25). The maximum Gasteiger partial charge on any atom is 0.319 e. The number of rotatable bonds is 3. The Balaban J connectivity index is 1.42. The Morgan fingerprint density at radius 2 is 1.70 bits per heavy atom. The lowest BCUT2D eigenvalue weighted by Gasteiger charge is -2.27. The molecule has 1 aliphatic heterocycles. The van der Waals surface area contributed by atoms with Crippen molar-refractivity contribution in [2.24, 2.45) is 0 Å². The lowest BCUT2D eigenvalue weighted by atomic mass is 9.94. The van der Waals surface area contributed by atoms with Crippen LogP contribution in [0.4, 0.5) is 14.9 Å². The highest BCUT2D eigenvalue weighted by Gasteiger charge is 2.44. The van der Waals surface area contributed by atoms with Crippen molar-refractivity contribution < 1.29 is 18.7 Å². The topological polar surface area (TPSA) is 59.6 Å².